The third-order valence-electron chi connectivity index (χ3n) is 3.53. The van der Waals surface area contributed by atoms with Crippen LogP contribution in [-0.2, 0) is 13.0 Å². The zero-order valence-electron chi connectivity index (χ0n) is 12.2. The van der Waals surface area contributed by atoms with E-state index in [4.69, 9.17) is 5.11 Å². The van der Waals surface area contributed by atoms with Gasteiger partial charge < -0.3 is 9.67 Å². The molecule has 0 fully saturated rings. The van der Waals surface area contributed by atoms with Crippen LogP contribution in [0.5, 0.6) is 0 Å². The summed E-state index contributed by atoms with van der Waals surface area (Å²) in [7, 11) is 0. The largest absolute Gasteiger partial charge is 0.478 e. The number of hydrogen-bond donors (Lipinski definition) is 1. The van der Waals surface area contributed by atoms with Crippen LogP contribution < -0.4 is 0 Å². The molecule has 0 saturated carbocycles. The predicted molar refractivity (Wildman–Crippen MR) is 80.2 cm³/mol. The topological polar surface area (TPSA) is 55.1 Å². The smallest absolute Gasteiger partial charge is 0.335 e. The van der Waals surface area contributed by atoms with E-state index in [1.165, 1.54) is 12.8 Å². The first-order chi connectivity index (χ1) is 9.67. The Morgan fingerprint density at radius 2 is 2.05 bits per heavy atom. The minimum atomic E-state index is -0.899. The highest BCUT2D eigenvalue weighted by molar-refractivity contribution is 5.92. The van der Waals surface area contributed by atoms with E-state index in [2.05, 4.69) is 23.4 Å². The van der Waals surface area contributed by atoms with Crippen LogP contribution in [0.3, 0.4) is 0 Å². The number of benzene rings is 1. The van der Waals surface area contributed by atoms with Crippen molar-refractivity contribution in [3.63, 3.8) is 0 Å². The van der Waals surface area contributed by atoms with Gasteiger partial charge in [-0.05, 0) is 31.0 Å². The number of carbonyl (C=O) groups is 1. The molecule has 0 aliphatic rings. The molecule has 108 valence electrons. The van der Waals surface area contributed by atoms with Crippen molar-refractivity contribution >= 4 is 17.0 Å². The first-order valence-corrected chi connectivity index (χ1v) is 7.39. The van der Waals surface area contributed by atoms with E-state index in [1.54, 1.807) is 12.1 Å². The van der Waals surface area contributed by atoms with E-state index >= 15 is 0 Å². The number of carboxylic acid groups (broad SMARTS) is 1. The van der Waals surface area contributed by atoms with Crippen LogP contribution in [0.4, 0.5) is 0 Å². The van der Waals surface area contributed by atoms with E-state index < -0.39 is 5.97 Å². The molecule has 0 aliphatic heterocycles. The number of aromatic nitrogens is 2. The Morgan fingerprint density at radius 1 is 1.25 bits per heavy atom. The van der Waals surface area contributed by atoms with E-state index in [1.807, 2.05) is 6.07 Å². The van der Waals surface area contributed by atoms with Crippen LogP contribution in [0, 0.1) is 0 Å². The molecule has 20 heavy (non-hydrogen) atoms. The van der Waals surface area contributed by atoms with Gasteiger partial charge in [0.25, 0.3) is 0 Å². The number of hydrogen-bond acceptors (Lipinski definition) is 2. The second-order valence-corrected chi connectivity index (χ2v) is 5.15. The summed E-state index contributed by atoms with van der Waals surface area (Å²) in [6, 6.07) is 5.22. The van der Waals surface area contributed by atoms with Gasteiger partial charge >= 0.3 is 5.97 Å². The molecule has 2 aromatic rings. The van der Waals surface area contributed by atoms with E-state index in [0.29, 0.717) is 5.56 Å². The van der Waals surface area contributed by atoms with Gasteiger partial charge in [-0.3, -0.25) is 0 Å². The molecule has 4 nitrogen and oxygen atoms in total. The highest BCUT2D eigenvalue weighted by atomic mass is 16.4. The highest BCUT2D eigenvalue weighted by Gasteiger charge is 2.12. The van der Waals surface area contributed by atoms with E-state index in [0.717, 1.165) is 42.7 Å². The highest BCUT2D eigenvalue weighted by Crippen LogP contribution is 2.20. The summed E-state index contributed by atoms with van der Waals surface area (Å²) in [6.45, 7) is 5.29. The number of aromatic carboxylic acids is 1. The van der Waals surface area contributed by atoms with Gasteiger partial charge in [-0.1, -0.05) is 26.7 Å². The maximum atomic E-state index is 11.0. The molecule has 0 unspecified atom stereocenters. The van der Waals surface area contributed by atoms with Gasteiger partial charge in [0.2, 0.25) is 0 Å². The summed E-state index contributed by atoms with van der Waals surface area (Å²) in [4.78, 5) is 15.7. The molecule has 2 rings (SSSR count). The Morgan fingerprint density at radius 3 is 2.70 bits per heavy atom. The molecule has 1 aromatic heterocycles. The predicted octanol–water partition coefficient (Wildman–Crippen LogP) is 3.88. The van der Waals surface area contributed by atoms with Crippen LogP contribution in [0.15, 0.2) is 18.2 Å². The summed E-state index contributed by atoms with van der Waals surface area (Å²) in [5.41, 5.74) is 2.15. The molecular formula is C16H22N2O2. The third kappa shape index (κ3) is 3.00. The molecule has 0 amide bonds. The maximum absolute atomic E-state index is 11.0. The molecule has 0 saturated heterocycles. The number of aryl methyl sites for hydroxylation is 2. The fourth-order valence-corrected chi connectivity index (χ4v) is 2.50. The number of nitrogens with zero attached hydrogens (tertiary/aromatic N) is 2. The molecule has 1 N–H and O–H groups in total. The van der Waals surface area contributed by atoms with Crippen molar-refractivity contribution in [3.8, 4) is 0 Å². The third-order valence-corrected chi connectivity index (χ3v) is 3.53. The lowest BCUT2D eigenvalue weighted by molar-refractivity contribution is 0.0697. The standard InChI is InChI=1S/C16H22N2O2/c1-3-5-6-10-18-14-9-8-12(16(19)20)11-13(14)17-15(18)7-4-2/h8-9,11H,3-7,10H2,1-2H3,(H,19,20). The molecule has 0 radical (unpaired) electrons. The molecule has 0 aliphatic carbocycles. The van der Waals surface area contributed by atoms with Crippen molar-refractivity contribution in [3.05, 3.63) is 29.6 Å². The van der Waals surface area contributed by atoms with Crippen LogP contribution in [0.1, 0.15) is 55.7 Å². The van der Waals surface area contributed by atoms with Crippen molar-refractivity contribution in [2.75, 3.05) is 0 Å². The SMILES string of the molecule is CCCCCn1c(CCC)nc2cc(C(=O)O)ccc21. The van der Waals surface area contributed by atoms with Gasteiger partial charge in [-0.2, -0.15) is 0 Å². The van der Waals surface area contributed by atoms with Crippen LogP contribution in [0.25, 0.3) is 11.0 Å². The minimum Gasteiger partial charge on any atom is -0.478 e. The average molecular weight is 274 g/mol. The fourth-order valence-electron chi connectivity index (χ4n) is 2.50. The first kappa shape index (κ1) is 14.6. The number of fused-ring (bicyclic) bond motifs is 1. The summed E-state index contributed by atoms with van der Waals surface area (Å²) in [5.74, 6) is 0.172. The van der Waals surface area contributed by atoms with Crippen molar-refractivity contribution in [2.24, 2.45) is 0 Å². The van der Waals surface area contributed by atoms with E-state index in [9.17, 15) is 4.79 Å². The van der Waals surface area contributed by atoms with Gasteiger partial charge in [-0.25, -0.2) is 9.78 Å². The van der Waals surface area contributed by atoms with Gasteiger partial charge in [-0.15, -0.1) is 0 Å². The zero-order valence-corrected chi connectivity index (χ0v) is 12.2. The lowest BCUT2D eigenvalue weighted by Crippen LogP contribution is -2.04. The van der Waals surface area contributed by atoms with Crippen molar-refractivity contribution in [1.29, 1.82) is 0 Å². The Labute approximate surface area is 119 Å². The van der Waals surface area contributed by atoms with Gasteiger partial charge in [0.05, 0.1) is 16.6 Å². The normalized spacial score (nSPS) is 11.1. The van der Waals surface area contributed by atoms with Gasteiger partial charge in [0, 0.05) is 13.0 Å². The van der Waals surface area contributed by atoms with Gasteiger partial charge in [0.1, 0.15) is 5.82 Å². The molecule has 4 heteroatoms. The lowest BCUT2D eigenvalue weighted by atomic mass is 10.2. The molecule has 0 spiro atoms. The average Bonchev–Trinajstić information content (AvgIpc) is 2.76. The van der Waals surface area contributed by atoms with Gasteiger partial charge in [0.15, 0.2) is 0 Å². The van der Waals surface area contributed by atoms with Crippen LogP contribution in [-0.4, -0.2) is 20.6 Å². The second kappa shape index (κ2) is 6.55. The Bertz CT molecular complexity index is 602. The summed E-state index contributed by atoms with van der Waals surface area (Å²) >= 11 is 0. The first-order valence-electron chi connectivity index (χ1n) is 7.39. The quantitative estimate of drug-likeness (QED) is 0.780. The number of carboxylic acids is 1. The summed E-state index contributed by atoms with van der Waals surface area (Å²) in [6.07, 6.45) is 5.52. The van der Waals surface area contributed by atoms with Crippen LogP contribution in [0.2, 0.25) is 0 Å². The van der Waals surface area contributed by atoms with Crippen LogP contribution >= 0.6 is 0 Å². The number of rotatable bonds is 7. The summed E-state index contributed by atoms with van der Waals surface area (Å²) < 4.78 is 2.25. The Hall–Kier alpha value is -1.84. The monoisotopic (exact) mass is 274 g/mol. The number of imidazole rings is 1. The fraction of sp³-hybridized carbons (Fsp3) is 0.500. The summed E-state index contributed by atoms with van der Waals surface area (Å²) in [5, 5.41) is 9.06. The maximum Gasteiger partial charge on any atom is 0.335 e. The zero-order chi connectivity index (χ0) is 14.5. The second-order valence-electron chi connectivity index (χ2n) is 5.15. The molecule has 1 aromatic carbocycles. The molecule has 1 heterocycles. The van der Waals surface area contributed by atoms with Crippen molar-refractivity contribution in [1.82, 2.24) is 9.55 Å². The van der Waals surface area contributed by atoms with E-state index in [-0.39, 0.29) is 0 Å². The minimum absolute atomic E-state index is 0.304. The van der Waals surface area contributed by atoms with Crippen molar-refractivity contribution in [2.45, 2.75) is 52.5 Å². The number of unbranched alkanes of at least 4 members (excludes halogenated alkanes) is 2. The Kier molecular flexibility index (Phi) is 4.77. The molecular weight excluding hydrogens is 252 g/mol. The Balaban J connectivity index is 2.40. The lowest BCUT2D eigenvalue weighted by Gasteiger charge is -2.08. The molecule has 0 atom stereocenters. The van der Waals surface area contributed by atoms with Crippen molar-refractivity contribution < 1.29 is 9.90 Å². The molecule has 0 bridgehead atoms.